The molecule has 1 unspecified atom stereocenters. The Hall–Kier alpha value is -2.21. The van der Waals surface area contributed by atoms with E-state index in [9.17, 15) is 10.1 Å². The minimum absolute atomic E-state index is 0.127. The second-order valence-electron chi connectivity index (χ2n) is 4.36. The highest BCUT2D eigenvalue weighted by molar-refractivity contribution is 5.32. The fraction of sp³-hybridized carbons (Fsp3) is 0.308. The lowest BCUT2D eigenvalue weighted by Crippen LogP contribution is -2.21. The molecule has 0 saturated heterocycles. The van der Waals surface area contributed by atoms with Crippen LogP contribution in [0.4, 0.5) is 5.69 Å². The molecule has 1 atom stereocenters. The van der Waals surface area contributed by atoms with Crippen molar-refractivity contribution in [3.8, 4) is 0 Å². The van der Waals surface area contributed by atoms with Gasteiger partial charge in [-0.05, 0) is 31.5 Å². The van der Waals surface area contributed by atoms with Gasteiger partial charge in [0.15, 0.2) is 0 Å². The summed E-state index contributed by atoms with van der Waals surface area (Å²) in [6, 6.07) is 8.80. The van der Waals surface area contributed by atoms with E-state index < -0.39 is 0 Å². The van der Waals surface area contributed by atoms with Crippen molar-refractivity contribution >= 4 is 5.69 Å². The van der Waals surface area contributed by atoms with Crippen LogP contribution in [0.25, 0.3) is 0 Å². The van der Waals surface area contributed by atoms with Gasteiger partial charge in [-0.15, -0.1) is 0 Å². The number of nitrogens with zero attached hydrogens (tertiary/aromatic N) is 2. The maximum Gasteiger partial charge on any atom is 0.269 e. The fourth-order valence-electron chi connectivity index (χ4n) is 1.84. The number of rotatable bonds is 6. The van der Waals surface area contributed by atoms with Crippen LogP contribution in [0.15, 0.2) is 36.5 Å². The molecule has 0 aliphatic carbocycles. The summed E-state index contributed by atoms with van der Waals surface area (Å²) >= 11 is 0. The van der Waals surface area contributed by atoms with Gasteiger partial charge in [-0.25, -0.2) is 0 Å². The molecule has 1 heterocycles. The largest absolute Gasteiger partial charge is 0.309 e. The van der Waals surface area contributed by atoms with E-state index >= 15 is 0 Å². The molecule has 2 N–H and O–H groups in total. The third-order valence-corrected chi connectivity index (χ3v) is 3.00. The molecule has 0 fully saturated rings. The Morgan fingerprint density at radius 2 is 2.11 bits per heavy atom. The van der Waals surface area contributed by atoms with Gasteiger partial charge >= 0.3 is 0 Å². The van der Waals surface area contributed by atoms with Gasteiger partial charge < -0.3 is 5.32 Å². The predicted molar refractivity (Wildman–Crippen MR) is 71.8 cm³/mol. The fourth-order valence-corrected chi connectivity index (χ4v) is 1.84. The van der Waals surface area contributed by atoms with E-state index in [1.165, 1.54) is 12.1 Å². The van der Waals surface area contributed by atoms with Gasteiger partial charge in [-0.3, -0.25) is 15.2 Å². The summed E-state index contributed by atoms with van der Waals surface area (Å²) in [5, 5.41) is 20.7. The monoisotopic (exact) mass is 260 g/mol. The zero-order valence-electron chi connectivity index (χ0n) is 10.7. The van der Waals surface area contributed by atoms with E-state index in [2.05, 4.69) is 22.4 Å². The van der Waals surface area contributed by atoms with Crippen molar-refractivity contribution in [2.75, 3.05) is 6.54 Å². The van der Waals surface area contributed by atoms with E-state index in [0.717, 1.165) is 24.2 Å². The SMILES string of the molecule is CC(NCCc1ccc([N+](=O)[O-])cc1)c1ccn[nH]1. The summed E-state index contributed by atoms with van der Waals surface area (Å²) in [6.07, 6.45) is 2.56. The van der Waals surface area contributed by atoms with E-state index in [0.29, 0.717) is 0 Å². The summed E-state index contributed by atoms with van der Waals surface area (Å²) < 4.78 is 0. The molecule has 1 aromatic heterocycles. The molecule has 0 saturated carbocycles. The predicted octanol–water partition coefficient (Wildman–Crippen LogP) is 2.21. The Morgan fingerprint density at radius 3 is 2.68 bits per heavy atom. The molecule has 0 bridgehead atoms. The van der Waals surface area contributed by atoms with Gasteiger partial charge in [0.05, 0.1) is 10.6 Å². The lowest BCUT2D eigenvalue weighted by Gasteiger charge is -2.11. The first-order valence-corrected chi connectivity index (χ1v) is 6.13. The number of hydrogen-bond acceptors (Lipinski definition) is 4. The van der Waals surface area contributed by atoms with Crippen molar-refractivity contribution < 1.29 is 4.92 Å². The van der Waals surface area contributed by atoms with Crippen LogP contribution < -0.4 is 5.32 Å². The van der Waals surface area contributed by atoms with Gasteiger partial charge in [-0.1, -0.05) is 12.1 Å². The zero-order valence-corrected chi connectivity index (χ0v) is 10.7. The first kappa shape index (κ1) is 13.2. The smallest absolute Gasteiger partial charge is 0.269 e. The second kappa shape index (κ2) is 6.10. The third kappa shape index (κ3) is 3.62. The molecule has 0 amide bonds. The zero-order chi connectivity index (χ0) is 13.7. The summed E-state index contributed by atoms with van der Waals surface area (Å²) in [5.41, 5.74) is 2.25. The molecule has 0 aliphatic rings. The van der Waals surface area contributed by atoms with E-state index in [1.54, 1.807) is 18.3 Å². The highest BCUT2D eigenvalue weighted by Crippen LogP contribution is 2.12. The lowest BCUT2D eigenvalue weighted by molar-refractivity contribution is -0.384. The van der Waals surface area contributed by atoms with Gasteiger partial charge in [0, 0.05) is 24.4 Å². The molecular weight excluding hydrogens is 244 g/mol. The minimum Gasteiger partial charge on any atom is -0.309 e. The van der Waals surface area contributed by atoms with Crippen molar-refractivity contribution in [2.24, 2.45) is 0 Å². The number of aromatic amines is 1. The number of non-ortho nitro benzene ring substituents is 1. The summed E-state index contributed by atoms with van der Waals surface area (Å²) in [6.45, 7) is 2.86. The molecule has 0 aliphatic heterocycles. The summed E-state index contributed by atoms with van der Waals surface area (Å²) in [5.74, 6) is 0. The molecule has 19 heavy (non-hydrogen) atoms. The maximum absolute atomic E-state index is 10.5. The van der Waals surface area contributed by atoms with Crippen LogP contribution in [0.1, 0.15) is 24.2 Å². The van der Waals surface area contributed by atoms with Gasteiger partial charge in [-0.2, -0.15) is 5.10 Å². The molecule has 6 heteroatoms. The first-order valence-electron chi connectivity index (χ1n) is 6.13. The molecule has 100 valence electrons. The van der Waals surface area contributed by atoms with Gasteiger partial charge in [0.2, 0.25) is 0 Å². The number of aromatic nitrogens is 2. The maximum atomic E-state index is 10.5. The van der Waals surface area contributed by atoms with Crippen LogP contribution >= 0.6 is 0 Å². The van der Waals surface area contributed by atoms with Gasteiger partial charge in [0.1, 0.15) is 0 Å². The minimum atomic E-state index is -0.387. The molecule has 1 aromatic carbocycles. The third-order valence-electron chi connectivity index (χ3n) is 3.00. The number of nitrogens with one attached hydrogen (secondary N) is 2. The van der Waals surface area contributed by atoms with Crippen LogP contribution in [0, 0.1) is 10.1 Å². The second-order valence-corrected chi connectivity index (χ2v) is 4.36. The van der Waals surface area contributed by atoms with Crippen LogP contribution in [0.3, 0.4) is 0 Å². The Morgan fingerprint density at radius 1 is 1.37 bits per heavy atom. The molecular formula is C13H16N4O2. The highest BCUT2D eigenvalue weighted by Gasteiger charge is 2.06. The first-order chi connectivity index (χ1) is 9.16. The molecule has 0 spiro atoms. The van der Waals surface area contributed by atoms with Crippen LogP contribution in [0.5, 0.6) is 0 Å². The summed E-state index contributed by atoms with van der Waals surface area (Å²) in [7, 11) is 0. The molecule has 0 radical (unpaired) electrons. The molecule has 6 nitrogen and oxygen atoms in total. The van der Waals surface area contributed by atoms with Crippen molar-refractivity contribution in [3.05, 3.63) is 57.9 Å². The quantitative estimate of drug-likeness (QED) is 0.616. The van der Waals surface area contributed by atoms with Crippen LogP contribution in [-0.4, -0.2) is 21.7 Å². The normalized spacial score (nSPS) is 12.3. The van der Waals surface area contributed by atoms with Gasteiger partial charge in [0.25, 0.3) is 5.69 Å². The number of nitro groups is 1. The van der Waals surface area contributed by atoms with Crippen LogP contribution in [-0.2, 0) is 6.42 Å². The van der Waals surface area contributed by atoms with Crippen molar-refractivity contribution in [1.29, 1.82) is 0 Å². The van der Waals surface area contributed by atoms with Crippen molar-refractivity contribution in [1.82, 2.24) is 15.5 Å². The average Bonchev–Trinajstić information content (AvgIpc) is 2.93. The lowest BCUT2D eigenvalue weighted by atomic mass is 10.1. The number of hydrogen-bond donors (Lipinski definition) is 2. The summed E-state index contributed by atoms with van der Waals surface area (Å²) in [4.78, 5) is 10.1. The van der Waals surface area contributed by atoms with Crippen LogP contribution in [0.2, 0.25) is 0 Å². The Bertz CT molecular complexity index is 522. The Kier molecular flexibility index (Phi) is 4.25. The highest BCUT2D eigenvalue weighted by atomic mass is 16.6. The van der Waals surface area contributed by atoms with Crippen molar-refractivity contribution in [2.45, 2.75) is 19.4 Å². The number of H-pyrrole nitrogens is 1. The number of nitro benzene ring substituents is 1. The molecule has 2 rings (SSSR count). The van der Waals surface area contributed by atoms with E-state index in [1.807, 2.05) is 6.07 Å². The standard InChI is InChI=1S/C13H16N4O2/c1-10(13-7-9-15-16-13)14-8-6-11-2-4-12(5-3-11)17(18)19/h2-5,7,9-10,14H,6,8H2,1H3,(H,15,16). The van der Waals surface area contributed by atoms with E-state index in [4.69, 9.17) is 0 Å². The number of benzene rings is 1. The topological polar surface area (TPSA) is 83.8 Å². The Labute approximate surface area is 111 Å². The Balaban J connectivity index is 1.81. The van der Waals surface area contributed by atoms with Crippen molar-refractivity contribution in [3.63, 3.8) is 0 Å². The molecule has 2 aromatic rings. The van der Waals surface area contributed by atoms with E-state index in [-0.39, 0.29) is 16.7 Å². The average molecular weight is 260 g/mol.